The van der Waals surface area contributed by atoms with Crippen molar-refractivity contribution in [1.82, 2.24) is 0 Å². The first-order valence-corrected chi connectivity index (χ1v) is 4.37. The van der Waals surface area contributed by atoms with Crippen molar-refractivity contribution < 1.29 is 22.7 Å². The summed E-state index contributed by atoms with van der Waals surface area (Å²) < 4.78 is 48.9. The van der Waals surface area contributed by atoms with Gasteiger partial charge in [0.2, 0.25) is 0 Å². The Bertz CT molecular complexity index is 350. The molecule has 6 heteroatoms. The number of rotatable bonds is 2. The van der Waals surface area contributed by atoms with Crippen molar-refractivity contribution in [3.63, 3.8) is 0 Å². The van der Waals surface area contributed by atoms with Crippen LogP contribution in [0.5, 0.6) is 0 Å². The summed E-state index contributed by atoms with van der Waals surface area (Å²) >= 11 is 5.42. The molecular formula is C9H7ClF4O. The average Bonchev–Trinajstić information content (AvgIpc) is 2.08. The quantitative estimate of drug-likeness (QED) is 0.791. The summed E-state index contributed by atoms with van der Waals surface area (Å²) in [4.78, 5) is 0. The number of alkyl halides is 3. The van der Waals surface area contributed by atoms with Gasteiger partial charge in [-0.15, -0.1) is 0 Å². The zero-order valence-electron chi connectivity index (χ0n) is 7.35. The molecule has 1 rings (SSSR count). The zero-order valence-corrected chi connectivity index (χ0v) is 8.11. The molecule has 1 N–H and O–H groups in total. The highest BCUT2D eigenvalue weighted by Gasteiger charge is 2.38. The second-order valence-electron chi connectivity index (χ2n) is 3.00. The van der Waals surface area contributed by atoms with Crippen molar-refractivity contribution >= 4 is 11.6 Å². The number of aliphatic hydroxyl groups excluding tert-OH is 1. The Morgan fingerprint density at radius 2 is 1.93 bits per heavy atom. The molecule has 0 amide bonds. The van der Waals surface area contributed by atoms with E-state index in [-0.39, 0.29) is 10.6 Å². The van der Waals surface area contributed by atoms with Crippen LogP contribution in [0.1, 0.15) is 5.56 Å². The van der Waals surface area contributed by atoms with E-state index in [1.165, 1.54) is 6.07 Å². The maximum Gasteiger partial charge on any atom is 0.414 e. The summed E-state index contributed by atoms with van der Waals surface area (Å²) in [5.41, 5.74) is -0.218. The molecule has 0 saturated carbocycles. The van der Waals surface area contributed by atoms with Crippen molar-refractivity contribution in [2.75, 3.05) is 0 Å². The highest BCUT2D eigenvalue weighted by molar-refractivity contribution is 6.30. The third-order valence-electron chi connectivity index (χ3n) is 1.81. The van der Waals surface area contributed by atoms with Crippen LogP contribution in [0, 0.1) is 5.82 Å². The van der Waals surface area contributed by atoms with Gasteiger partial charge in [0.05, 0.1) is 0 Å². The molecule has 0 fully saturated rings. The fourth-order valence-electron chi connectivity index (χ4n) is 1.01. The van der Waals surface area contributed by atoms with E-state index in [9.17, 15) is 17.6 Å². The fourth-order valence-corrected chi connectivity index (χ4v) is 1.17. The lowest BCUT2D eigenvalue weighted by molar-refractivity contribution is -0.203. The topological polar surface area (TPSA) is 20.2 Å². The molecule has 0 saturated heterocycles. The first-order valence-electron chi connectivity index (χ1n) is 3.99. The van der Waals surface area contributed by atoms with E-state index < -0.39 is 24.5 Å². The standard InChI is InChI=1S/C9H7ClF4O/c10-6-2-1-5(7(11)4-6)3-8(15)9(12,13)14/h1-2,4,8,15H,3H2/t8-/m1/s1. The zero-order chi connectivity index (χ0) is 11.6. The monoisotopic (exact) mass is 242 g/mol. The molecule has 1 aromatic rings. The first-order chi connectivity index (χ1) is 6.80. The van der Waals surface area contributed by atoms with Crippen LogP contribution in [0.3, 0.4) is 0 Å². The molecule has 0 aliphatic heterocycles. The highest BCUT2D eigenvalue weighted by atomic mass is 35.5. The Balaban J connectivity index is 2.82. The molecule has 1 nitrogen and oxygen atoms in total. The van der Waals surface area contributed by atoms with Gasteiger partial charge in [-0.25, -0.2) is 4.39 Å². The van der Waals surface area contributed by atoms with Crippen LogP contribution in [0.2, 0.25) is 5.02 Å². The van der Waals surface area contributed by atoms with Gasteiger partial charge in [0.25, 0.3) is 0 Å². The first kappa shape index (κ1) is 12.3. The third-order valence-corrected chi connectivity index (χ3v) is 2.04. The van der Waals surface area contributed by atoms with Crippen molar-refractivity contribution in [3.05, 3.63) is 34.6 Å². The Hall–Kier alpha value is -0.810. The minimum Gasteiger partial charge on any atom is -0.383 e. The van der Waals surface area contributed by atoms with Crippen molar-refractivity contribution in [2.24, 2.45) is 0 Å². The van der Waals surface area contributed by atoms with Gasteiger partial charge in [-0.1, -0.05) is 17.7 Å². The molecule has 1 atom stereocenters. The van der Waals surface area contributed by atoms with E-state index in [1.807, 2.05) is 0 Å². The molecule has 1 aromatic carbocycles. The lowest BCUT2D eigenvalue weighted by Crippen LogP contribution is -2.30. The Morgan fingerprint density at radius 3 is 2.40 bits per heavy atom. The maximum atomic E-state index is 13.0. The van der Waals surface area contributed by atoms with E-state index in [0.717, 1.165) is 12.1 Å². The minimum absolute atomic E-state index is 0.0951. The van der Waals surface area contributed by atoms with Crippen molar-refractivity contribution in [3.8, 4) is 0 Å². The average molecular weight is 243 g/mol. The summed E-state index contributed by atoms with van der Waals surface area (Å²) in [5.74, 6) is -0.856. The number of aliphatic hydroxyl groups is 1. The third kappa shape index (κ3) is 3.35. The second-order valence-corrected chi connectivity index (χ2v) is 3.43. The van der Waals surface area contributed by atoms with E-state index >= 15 is 0 Å². The van der Waals surface area contributed by atoms with Crippen LogP contribution in [0.4, 0.5) is 17.6 Å². The molecule has 0 aromatic heterocycles. The fraction of sp³-hybridized carbons (Fsp3) is 0.333. The number of hydrogen-bond donors (Lipinski definition) is 1. The van der Waals surface area contributed by atoms with E-state index in [1.54, 1.807) is 0 Å². The maximum absolute atomic E-state index is 13.0. The molecule has 0 unspecified atom stereocenters. The molecular weight excluding hydrogens is 236 g/mol. The van der Waals surface area contributed by atoms with Gasteiger partial charge in [0.1, 0.15) is 5.82 Å². The van der Waals surface area contributed by atoms with E-state index in [4.69, 9.17) is 16.7 Å². The normalized spacial score (nSPS) is 14.0. The molecule has 0 aliphatic rings. The predicted octanol–water partition coefficient (Wildman–Crippen LogP) is 2.94. The van der Waals surface area contributed by atoms with Gasteiger partial charge in [-0.3, -0.25) is 0 Å². The second kappa shape index (κ2) is 4.37. The van der Waals surface area contributed by atoms with Gasteiger partial charge >= 0.3 is 6.18 Å². The Labute approximate surface area is 88.3 Å². The van der Waals surface area contributed by atoms with Gasteiger partial charge < -0.3 is 5.11 Å². The van der Waals surface area contributed by atoms with Crippen LogP contribution in [-0.2, 0) is 6.42 Å². The van der Waals surface area contributed by atoms with Gasteiger partial charge in [-0.2, -0.15) is 13.2 Å². The lowest BCUT2D eigenvalue weighted by Gasteiger charge is -2.14. The summed E-state index contributed by atoms with van der Waals surface area (Å²) in [5, 5.41) is 8.80. The van der Waals surface area contributed by atoms with Crippen molar-refractivity contribution in [1.29, 1.82) is 0 Å². The van der Waals surface area contributed by atoms with Crippen LogP contribution < -0.4 is 0 Å². The lowest BCUT2D eigenvalue weighted by atomic mass is 10.1. The van der Waals surface area contributed by atoms with Gasteiger partial charge in [-0.05, 0) is 17.7 Å². The largest absolute Gasteiger partial charge is 0.414 e. The Kier molecular flexibility index (Phi) is 3.57. The summed E-state index contributed by atoms with van der Waals surface area (Å²) in [6.45, 7) is 0. The van der Waals surface area contributed by atoms with E-state index in [0.29, 0.717) is 0 Å². The van der Waals surface area contributed by atoms with Crippen molar-refractivity contribution in [2.45, 2.75) is 18.7 Å². The summed E-state index contributed by atoms with van der Waals surface area (Å²) in [7, 11) is 0. The van der Waals surface area contributed by atoms with Crippen LogP contribution in [0.25, 0.3) is 0 Å². The van der Waals surface area contributed by atoms with Gasteiger partial charge in [0, 0.05) is 11.4 Å². The smallest absolute Gasteiger partial charge is 0.383 e. The molecule has 0 aliphatic carbocycles. The number of hydrogen-bond acceptors (Lipinski definition) is 1. The SMILES string of the molecule is O[C@H](Cc1ccc(Cl)cc1F)C(F)(F)F. The number of halogens is 5. The minimum atomic E-state index is -4.74. The van der Waals surface area contributed by atoms with Crippen LogP contribution >= 0.6 is 11.6 Å². The molecule has 0 spiro atoms. The highest BCUT2D eigenvalue weighted by Crippen LogP contribution is 2.24. The van der Waals surface area contributed by atoms with E-state index in [2.05, 4.69) is 0 Å². The molecule has 0 bridgehead atoms. The number of benzene rings is 1. The van der Waals surface area contributed by atoms with Crippen LogP contribution in [-0.4, -0.2) is 17.4 Å². The van der Waals surface area contributed by atoms with Crippen LogP contribution in [0.15, 0.2) is 18.2 Å². The molecule has 15 heavy (non-hydrogen) atoms. The predicted molar refractivity (Wildman–Crippen MR) is 47.2 cm³/mol. The molecule has 0 radical (unpaired) electrons. The summed E-state index contributed by atoms with van der Waals surface area (Å²) in [6, 6.07) is 3.29. The molecule has 84 valence electrons. The van der Waals surface area contributed by atoms with Gasteiger partial charge in [0.15, 0.2) is 6.10 Å². The molecule has 0 heterocycles. The Morgan fingerprint density at radius 1 is 1.33 bits per heavy atom. The summed E-state index contributed by atoms with van der Waals surface area (Å²) in [6.07, 6.45) is -8.12.